The Morgan fingerprint density at radius 2 is 1.24 bits per heavy atom. The molecule has 3 N–H and O–H groups in total. The molecule has 0 aromatic carbocycles. The highest BCUT2D eigenvalue weighted by Crippen LogP contribution is 2.21. The molecular formula is C21H35ClN10O4S2. The van der Waals surface area contributed by atoms with Crippen molar-refractivity contribution >= 4 is 65.4 Å². The largest absolute Gasteiger partial charge is 0.444 e. The number of nitrogens with zero attached hydrogens (tertiary/aromatic N) is 7. The second-order valence-electron chi connectivity index (χ2n) is 9.22. The summed E-state index contributed by atoms with van der Waals surface area (Å²) in [6.07, 6.45) is -0.310. The fourth-order valence-corrected chi connectivity index (χ4v) is 4.74. The molecule has 0 bridgehead atoms. The van der Waals surface area contributed by atoms with Crippen molar-refractivity contribution in [2.24, 2.45) is 0 Å². The fourth-order valence-electron chi connectivity index (χ4n) is 3.61. The summed E-state index contributed by atoms with van der Waals surface area (Å²) in [7, 11) is 3.16. The van der Waals surface area contributed by atoms with Gasteiger partial charge in [0.25, 0.3) is 11.8 Å². The molecule has 38 heavy (non-hydrogen) atoms. The first-order valence-electron chi connectivity index (χ1n) is 11.9. The maximum Gasteiger partial charge on any atom is 0.410 e. The van der Waals surface area contributed by atoms with Gasteiger partial charge in [-0.05, 0) is 20.8 Å². The number of anilines is 2. The fraction of sp³-hybridized carbons (Fsp3) is 0.667. The van der Waals surface area contributed by atoms with Crippen LogP contribution in [0.4, 0.5) is 16.4 Å². The Kier molecular flexibility index (Phi) is 11.9. The summed E-state index contributed by atoms with van der Waals surface area (Å²) in [6, 6.07) is 0. The Hall–Kier alpha value is -2.82. The number of carbonyl (C=O) groups excluding carboxylic acids is 3. The van der Waals surface area contributed by atoms with Crippen molar-refractivity contribution in [1.82, 2.24) is 38.3 Å². The first kappa shape index (κ1) is 31.4. The lowest BCUT2D eigenvalue weighted by Gasteiger charge is -2.35. The van der Waals surface area contributed by atoms with Gasteiger partial charge < -0.3 is 35.4 Å². The number of rotatable bonds is 4. The van der Waals surface area contributed by atoms with E-state index >= 15 is 0 Å². The van der Waals surface area contributed by atoms with Crippen LogP contribution in [-0.4, -0.2) is 112 Å². The van der Waals surface area contributed by atoms with Crippen LogP contribution in [-0.2, 0) is 4.74 Å². The molecule has 4 heterocycles. The Balaban J connectivity index is 0.000000277. The molecule has 4 rings (SSSR count). The molecule has 3 amide bonds. The molecule has 0 aliphatic carbocycles. The predicted molar refractivity (Wildman–Crippen MR) is 149 cm³/mol. The van der Waals surface area contributed by atoms with E-state index in [9.17, 15) is 14.4 Å². The normalized spacial score (nSPS) is 15.6. The van der Waals surface area contributed by atoms with E-state index in [1.165, 1.54) is 0 Å². The van der Waals surface area contributed by atoms with Crippen LogP contribution in [0.1, 0.15) is 41.7 Å². The monoisotopic (exact) mass is 590 g/mol. The van der Waals surface area contributed by atoms with E-state index in [1.807, 2.05) is 25.7 Å². The molecule has 0 unspecified atom stereocenters. The lowest BCUT2D eigenvalue weighted by molar-refractivity contribution is 0.0240. The molecule has 2 aromatic heterocycles. The molecule has 2 aliphatic heterocycles. The number of amides is 3. The molecule has 14 nitrogen and oxygen atoms in total. The molecule has 0 saturated carbocycles. The number of hydrogen-bond donors (Lipinski definition) is 3. The van der Waals surface area contributed by atoms with Gasteiger partial charge in [0.05, 0.1) is 23.5 Å². The Morgan fingerprint density at radius 1 is 0.789 bits per heavy atom. The first-order chi connectivity index (χ1) is 17.6. The summed E-state index contributed by atoms with van der Waals surface area (Å²) < 4.78 is 21.8. The number of halogens is 1. The van der Waals surface area contributed by atoms with Gasteiger partial charge in [-0.15, -0.1) is 12.4 Å². The van der Waals surface area contributed by atoms with Gasteiger partial charge >= 0.3 is 6.09 Å². The molecule has 2 fully saturated rings. The Morgan fingerprint density at radius 3 is 1.66 bits per heavy atom. The van der Waals surface area contributed by atoms with Crippen molar-refractivity contribution in [2.75, 3.05) is 76.3 Å². The molecule has 212 valence electrons. The highest BCUT2D eigenvalue weighted by atomic mass is 35.5. The van der Waals surface area contributed by atoms with Gasteiger partial charge in [0.1, 0.15) is 5.60 Å². The van der Waals surface area contributed by atoms with E-state index in [2.05, 4.69) is 38.3 Å². The number of ether oxygens (including phenoxy) is 1. The topological polar surface area (TPSA) is 158 Å². The summed E-state index contributed by atoms with van der Waals surface area (Å²) in [4.78, 5) is 41.0. The van der Waals surface area contributed by atoms with Crippen LogP contribution in [0.3, 0.4) is 0 Å². The van der Waals surface area contributed by atoms with Gasteiger partial charge in [0.15, 0.2) is 23.0 Å². The average Bonchev–Trinajstić information content (AvgIpc) is 3.58. The second kappa shape index (κ2) is 14.4. The molecular weight excluding hydrogens is 556 g/mol. The summed E-state index contributed by atoms with van der Waals surface area (Å²) in [5, 5.41) is 8.38. The third-order valence-electron chi connectivity index (χ3n) is 5.47. The van der Waals surface area contributed by atoms with Crippen molar-refractivity contribution in [3.05, 3.63) is 11.4 Å². The molecule has 0 atom stereocenters. The highest BCUT2D eigenvalue weighted by molar-refractivity contribution is 6.99. The number of piperazine rings is 2. The van der Waals surface area contributed by atoms with Crippen LogP contribution in [0, 0.1) is 0 Å². The van der Waals surface area contributed by atoms with E-state index in [0.29, 0.717) is 49.2 Å². The smallest absolute Gasteiger partial charge is 0.410 e. The van der Waals surface area contributed by atoms with E-state index in [4.69, 9.17) is 4.74 Å². The predicted octanol–water partition coefficient (Wildman–Crippen LogP) is 0.684. The van der Waals surface area contributed by atoms with Crippen molar-refractivity contribution in [3.8, 4) is 0 Å². The maximum absolute atomic E-state index is 12.0. The van der Waals surface area contributed by atoms with Crippen LogP contribution in [0.15, 0.2) is 0 Å². The molecule has 2 saturated heterocycles. The molecule has 2 aromatic rings. The van der Waals surface area contributed by atoms with Gasteiger partial charge in [0.2, 0.25) is 0 Å². The summed E-state index contributed by atoms with van der Waals surface area (Å²) in [5.74, 6) is 0.865. The van der Waals surface area contributed by atoms with Crippen molar-refractivity contribution < 1.29 is 19.1 Å². The number of carbonyl (C=O) groups is 3. The number of nitrogens with one attached hydrogen (secondary N) is 3. The van der Waals surface area contributed by atoms with Crippen LogP contribution < -0.4 is 25.8 Å². The zero-order valence-electron chi connectivity index (χ0n) is 22.1. The maximum atomic E-state index is 12.0. The minimum absolute atomic E-state index is 0. The summed E-state index contributed by atoms with van der Waals surface area (Å²) in [6.45, 7) is 11.4. The summed E-state index contributed by atoms with van der Waals surface area (Å²) >= 11 is 2.09. The first-order valence-corrected chi connectivity index (χ1v) is 13.4. The lowest BCUT2D eigenvalue weighted by Crippen LogP contribution is -2.50. The van der Waals surface area contributed by atoms with Crippen LogP contribution in [0.25, 0.3) is 0 Å². The van der Waals surface area contributed by atoms with Crippen molar-refractivity contribution in [1.29, 1.82) is 0 Å². The number of aromatic nitrogens is 4. The average molecular weight is 591 g/mol. The van der Waals surface area contributed by atoms with Crippen molar-refractivity contribution in [3.63, 3.8) is 0 Å². The minimum atomic E-state index is -0.501. The van der Waals surface area contributed by atoms with Crippen LogP contribution in [0.2, 0.25) is 0 Å². The van der Waals surface area contributed by atoms with Gasteiger partial charge in [-0.2, -0.15) is 17.5 Å². The molecule has 2 aliphatic rings. The van der Waals surface area contributed by atoms with Crippen molar-refractivity contribution in [2.45, 2.75) is 26.4 Å². The Bertz CT molecular complexity index is 1060. The Labute approximate surface area is 236 Å². The standard InChI is InChI=1S/C13H21N5O3S.C8H13N5OS.ClH/c1-13(2,3)21-12(20)18-7-5-17(6-8-18)10-9(11(19)14-4)15-22-16-10;1-9-8(14)6-7(12-15-11-6)13-4-2-10-3-5-13;/h5-8H2,1-4H3,(H,14,19);10H,2-5H2,1H3,(H,9,14);1H. The van der Waals surface area contributed by atoms with Gasteiger partial charge in [0, 0.05) is 66.5 Å². The van der Waals surface area contributed by atoms with E-state index < -0.39 is 5.60 Å². The molecule has 0 radical (unpaired) electrons. The van der Waals surface area contributed by atoms with E-state index in [-0.39, 0.29) is 30.3 Å². The van der Waals surface area contributed by atoms with Gasteiger partial charge in [-0.25, -0.2) is 4.79 Å². The molecule has 0 spiro atoms. The van der Waals surface area contributed by atoms with Gasteiger partial charge in [-0.1, -0.05) is 0 Å². The quantitative estimate of drug-likeness (QED) is 0.460. The minimum Gasteiger partial charge on any atom is -0.444 e. The SMILES string of the molecule is CNC(=O)c1nsnc1N1CCN(C(=O)OC(C)(C)C)CC1.CNC(=O)c1nsnc1N1CCNCC1.Cl. The summed E-state index contributed by atoms with van der Waals surface area (Å²) in [5.41, 5.74) is 0.266. The van der Waals surface area contributed by atoms with Crippen LogP contribution in [0.5, 0.6) is 0 Å². The third kappa shape index (κ3) is 8.34. The zero-order chi connectivity index (χ0) is 27.0. The second-order valence-corrected chi connectivity index (χ2v) is 10.3. The van der Waals surface area contributed by atoms with E-state index in [1.54, 1.807) is 19.0 Å². The third-order valence-corrected chi connectivity index (χ3v) is 6.51. The molecule has 17 heteroatoms. The van der Waals surface area contributed by atoms with Gasteiger partial charge in [-0.3, -0.25) is 9.59 Å². The highest BCUT2D eigenvalue weighted by Gasteiger charge is 2.29. The number of hydrogen-bond acceptors (Lipinski definition) is 13. The zero-order valence-corrected chi connectivity index (χ0v) is 24.6. The van der Waals surface area contributed by atoms with E-state index in [0.717, 1.165) is 49.6 Å². The lowest BCUT2D eigenvalue weighted by atomic mass is 10.2. The van der Waals surface area contributed by atoms with Crippen LogP contribution >= 0.6 is 35.9 Å².